The highest BCUT2D eigenvalue weighted by molar-refractivity contribution is 5.90. The summed E-state index contributed by atoms with van der Waals surface area (Å²) in [5.41, 5.74) is -1.70. The summed E-state index contributed by atoms with van der Waals surface area (Å²) in [5.74, 6) is -1.41. The van der Waals surface area contributed by atoms with Gasteiger partial charge in [-0.15, -0.1) is 0 Å². The maximum Gasteiger partial charge on any atom is 0.434 e. The lowest BCUT2D eigenvalue weighted by atomic mass is 10.1. The van der Waals surface area contributed by atoms with E-state index < -0.39 is 39.8 Å². The summed E-state index contributed by atoms with van der Waals surface area (Å²) < 4.78 is 51.8. The zero-order valence-corrected chi connectivity index (χ0v) is 17.1. The van der Waals surface area contributed by atoms with Crippen molar-refractivity contribution in [2.24, 2.45) is 0 Å². The summed E-state index contributed by atoms with van der Waals surface area (Å²) >= 11 is 0. The summed E-state index contributed by atoms with van der Waals surface area (Å²) in [7, 11) is 1.38. The predicted molar refractivity (Wildman–Crippen MR) is 106 cm³/mol. The van der Waals surface area contributed by atoms with Crippen LogP contribution in [0.5, 0.6) is 5.75 Å². The van der Waals surface area contributed by atoms with Crippen molar-refractivity contribution >= 4 is 11.7 Å². The van der Waals surface area contributed by atoms with Gasteiger partial charge in [-0.25, -0.2) is 14.5 Å². The Morgan fingerprint density at radius 3 is 2.56 bits per heavy atom. The van der Waals surface area contributed by atoms with Gasteiger partial charge in [0.05, 0.1) is 36.6 Å². The van der Waals surface area contributed by atoms with Crippen molar-refractivity contribution in [2.75, 3.05) is 13.7 Å². The highest BCUT2D eigenvalue weighted by Crippen LogP contribution is 2.36. The second-order valence-electron chi connectivity index (χ2n) is 6.57. The molecule has 3 rings (SSSR count). The van der Waals surface area contributed by atoms with E-state index in [0.29, 0.717) is 22.2 Å². The number of nitro groups is 1. The molecule has 9 nitrogen and oxygen atoms in total. The van der Waals surface area contributed by atoms with E-state index in [1.54, 1.807) is 25.1 Å². The Hall–Kier alpha value is -3.96. The molecule has 12 heteroatoms. The summed E-state index contributed by atoms with van der Waals surface area (Å²) in [4.78, 5) is 26.9. The van der Waals surface area contributed by atoms with Crippen LogP contribution in [-0.2, 0) is 10.9 Å². The Balaban J connectivity index is 2.29. The fourth-order valence-electron chi connectivity index (χ4n) is 3.03. The summed E-state index contributed by atoms with van der Waals surface area (Å²) in [6, 6.07) is 6.93. The number of pyridine rings is 1. The number of benzene rings is 1. The average molecular weight is 450 g/mol. The number of carbonyl (C=O) groups excluding carboxylic acids is 1. The first kappa shape index (κ1) is 22.7. The SMILES string of the molecule is CCOC(=O)c1cnn(-c2cc([N+](=O)[O-])cc(-c3cc(C)ccc3OC)n2)c1C(F)(F)F. The predicted octanol–water partition coefficient (Wildman–Crippen LogP) is 4.36. The van der Waals surface area contributed by atoms with Crippen molar-refractivity contribution in [2.45, 2.75) is 20.0 Å². The van der Waals surface area contributed by atoms with Gasteiger partial charge in [-0.05, 0) is 26.0 Å². The van der Waals surface area contributed by atoms with Crippen molar-refractivity contribution in [3.63, 3.8) is 0 Å². The number of carbonyl (C=O) groups is 1. The smallest absolute Gasteiger partial charge is 0.434 e. The summed E-state index contributed by atoms with van der Waals surface area (Å²) in [6.07, 6.45) is -4.33. The number of methoxy groups -OCH3 is 1. The number of ether oxygens (including phenoxy) is 2. The van der Waals surface area contributed by atoms with Crippen LogP contribution in [0.15, 0.2) is 36.5 Å². The number of hydrogen-bond donors (Lipinski definition) is 0. The lowest BCUT2D eigenvalue weighted by Crippen LogP contribution is -2.19. The highest BCUT2D eigenvalue weighted by atomic mass is 19.4. The molecule has 0 N–H and O–H groups in total. The van der Waals surface area contributed by atoms with Crippen LogP contribution in [0, 0.1) is 17.0 Å². The van der Waals surface area contributed by atoms with Crippen LogP contribution in [0.1, 0.15) is 28.5 Å². The number of hydrogen-bond acceptors (Lipinski definition) is 7. The molecular formula is C20H17F3N4O5. The van der Waals surface area contributed by atoms with Crippen LogP contribution in [0.25, 0.3) is 17.1 Å². The number of nitrogens with zero attached hydrogens (tertiary/aromatic N) is 4. The Morgan fingerprint density at radius 2 is 1.97 bits per heavy atom. The molecule has 0 aliphatic carbocycles. The van der Waals surface area contributed by atoms with Crippen molar-refractivity contribution < 1.29 is 32.4 Å². The van der Waals surface area contributed by atoms with Gasteiger partial charge in [0.15, 0.2) is 11.5 Å². The zero-order chi connectivity index (χ0) is 23.6. The Bertz CT molecular complexity index is 1190. The fourth-order valence-corrected chi connectivity index (χ4v) is 3.03. The van der Waals surface area contributed by atoms with Gasteiger partial charge >= 0.3 is 12.1 Å². The number of alkyl halides is 3. The molecule has 32 heavy (non-hydrogen) atoms. The molecule has 2 aromatic heterocycles. The second kappa shape index (κ2) is 8.65. The molecule has 0 spiro atoms. The van der Waals surface area contributed by atoms with E-state index in [-0.39, 0.29) is 12.3 Å². The molecule has 0 atom stereocenters. The first-order chi connectivity index (χ1) is 15.1. The average Bonchev–Trinajstić information content (AvgIpc) is 3.19. The van der Waals surface area contributed by atoms with Gasteiger partial charge in [0.25, 0.3) is 5.69 Å². The van der Waals surface area contributed by atoms with Crippen molar-refractivity contribution in [3.8, 4) is 22.8 Å². The van der Waals surface area contributed by atoms with Crippen LogP contribution in [0.4, 0.5) is 18.9 Å². The van der Waals surface area contributed by atoms with Gasteiger partial charge in [-0.2, -0.15) is 18.3 Å². The summed E-state index contributed by atoms with van der Waals surface area (Å²) in [6.45, 7) is 3.06. The van der Waals surface area contributed by atoms with Gasteiger partial charge in [-0.3, -0.25) is 10.1 Å². The topological polar surface area (TPSA) is 109 Å². The van der Waals surface area contributed by atoms with Crippen LogP contribution < -0.4 is 4.74 Å². The number of aryl methyl sites for hydroxylation is 1. The fraction of sp³-hybridized carbons (Fsp3) is 0.250. The van der Waals surface area contributed by atoms with E-state index in [4.69, 9.17) is 4.74 Å². The molecule has 0 saturated carbocycles. The van der Waals surface area contributed by atoms with Crippen molar-refractivity contribution in [1.82, 2.24) is 14.8 Å². The zero-order valence-electron chi connectivity index (χ0n) is 17.1. The van der Waals surface area contributed by atoms with E-state index in [9.17, 15) is 28.1 Å². The minimum Gasteiger partial charge on any atom is -0.496 e. The van der Waals surface area contributed by atoms with Crippen molar-refractivity contribution in [1.29, 1.82) is 0 Å². The molecule has 0 aliphatic rings. The maximum absolute atomic E-state index is 13.8. The number of esters is 1. The van der Waals surface area contributed by atoms with Crippen LogP contribution in [0.2, 0.25) is 0 Å². The number of halogens is 3. The minimum absolute atomic E-state index is 0.00365. The summed E-state index contributed by atoms with van der Waals surface area (Å²) in [5, 5.41) is 15.1. The third-order valence-corrected chi connectivity index (χ3v) is 4.39. The second-order valence-corrected chi connectivity index (χ2v) is 6.57. The molecule has 0 unspecified atom stereocenters. The van der Waals surface area contributed by atoms with Gasteiger partial charge < -0.3 is 9.47 Å². The Labute approximate surface area is 179 Å². The van der Waals surface area contributed by atoms with Gasteiger partial charge in [0.2, 0.25) is 0 Å². The Morgan fingerprint density at radius 1 is 1.25 bits per heavy atom. The van der Waals surface area contributed by atoms with Crippen molar-refractivity contribution in [3.05, 3.63) is 63.5 Å². The van der Waals surface area contributed by atoms with Crippen LogP contribution in [0.3, 0.4) is 0 Å². The van der Waals surface area contributed by atoms with E-state index in [1.165, 1.54) is 14.0 Å². The highest BCUT2D eigenvalue weighted by Gasteiger charge is 2.41. The molecule has 0 bridgehead atoms. The molecule has 0 aliphatic heterocycles. The normalized spacial score (nSPS) is 11.3. The number of aromatic nitrogens is 3. The third kappa shape index (κ3) is 4.38. The monoisotopic (exact) mass is 450 g/mol. The quantitative estimate of drug-likeness (QED) is 0.312. The van der Waals surface area contributed by atoms with E-state index >= 15 is 0 Å². The molecular weight excluding hydrogens is 433 g/mol. The van der Waals surface area contributed by atoms with Gasteiger partial charge in [-0.1, -0.05) is 11.6 Å². The van der Waals surface area contributed by atoms with Crippen LogP contribution in [-0.4, -0.2) is 39.4 Å². The first-order valence-corrected chi connectivity index (χ1v) is 9.21. The van der Waals surface area contributed by atoms with Crippen LogP contribution >= 0.6 is 0 Å². The first-order valence-electron chi connectivity index (χ1n) is 9.21. The largest absolute Gasteiger partial charge is 0.496 e. The van der Waals surface area contributed by atoms with Gasteiger partial charge in [0, 0.05) is 11.6 Å². The van der Waals surface area contributed by atoms with E-state index in [1.807, 2.05) is 0 Å². The molecule has 1 aromatic carbocycles. The molecule has 2 heterocycles. The molecule has 0 amide bonds. The standard InChI is InChI=1S/C20H17F3N4O5/c1-4-32-19(28)14-10-24-26(18(14)20(21,22)23)17-9-12(27(29)30)8-15(25-17)13-7-11(2)5-6-16(13)31-3/h5-10H,4H2,1-3H3. The molecule has 0 radical (unpaired) electrons. The third-order valence-electron chi connectivity index (χ3n) is 4.39. The van der Waals surface area contributed by atoms with Gasteiger partial charge in [0.1, 0.15) is 11.3 Å². The lowest BCUT2D eigenvalue weighted by molar-refractivity contribution is -0.384. The molecule has 3 aromatic rings. The minimum atomic E-state index is -5.02. The molecule has 168 valence electrons. The lowest BCUT2D eigenvalue weighted by Gasteiger charge is -2.14. The molecule has 0 fully saturated rings. The maximum atomic E-state index is 13.8. The van der Waals surface area contributed by atoms with E-state index in [0.717, 1.165) is 17.7 Å². The Kier molecular flexibility index (Phi) is 6.14. The number of rotatable bonds is 6. The molecule has 0 saturated heterocycles. The van der Waals surface area contributed by atoms with E-state index in [2.05, 4.69) is 14.8 Å².